The molecule has 258 valence electrons. The largest absolute Gasteiger partial charge is 0.309 e. The fraction of sp³-hybridized carbons (Fsp3) is 0.0962. The lowest BCUT2D eigenvalue weighted by atomic mass is 9.52. The van der Waals surface area contributed by atoms with Crippen LogP contribution in [0.1, 0.15) is 43.0 Å². The van der Waals surface area contributed by atoms with Crippen molar-refractivity contribution in [2.24, 2.45) is 0 Å². The lowest BCUT2D eigenvalue weighted by Gasteiger charge is -2.51. The second-order valence-electron chi connectivity index (χ2n) is 15.2. The van der Waals surface area contributed by atoms with Crippen molar-refractivity contribution >= 4 is 21.8 Å². The van der Waals surface area contributed by atoms with Crippen molar-refractivity contribution in [3.63, 3.8) is 0 Å². The molecular weight excluding hydrogens is 653 g/mol. The van der Waals surface area contributed by atoms with Gasteiger partial charge in [0.05, 0.1) is 33.5 Å². The number of nitrogens with zero attached hydrogens (tertiary/aromatic N) is 2. The van der Waals surface area contributed by atoms with Crippen LogP contribution in [-0.4, -0.2) is 9.55 Å². The third-order valence-electron chi connectivity index (χ3n) is 12.2. The van der Waals surface area contributed by atoms with Gasteiger partial charge >= 0.3 is 0 Å². The molecular formula is C52H40N2. The predicted molar refractivity (Wildman–Crippen MR) is 226 cm³/mol. The van der Waals surface area contributed by atoms with E-state index in [2.05, 4.69) is 202 Å². The number of pyridine rings is 1. The van der Waals surface area contributed by atoms with Gasteiger partial charge in [-0.2, -0.15) is 0 Å². The van der Waals surface area contributed by atoms with Gasteiger partial charge in [0.25, 0.3) is 0 Å². The summed E-state index contributed by atoms with van der Waals surface area (Å²) in [6.45, 7) is 11.3. The van der Waals surface area contributed by atoms with Crippen molar-refractivity contribution in [2.45, 2.75) is 31.6 Å². The van der Waals surface area contributed by atoms with Crippen molar-refractivity contribution in [1.82, 2.24) is 9.55 Å². The number of allylic oxidation sites excluding steroid dienone is 5. The van der Waals surface area contributed by atoms with Gasteiger partial charge in [0.2, 0.25) is 0 Å². The second-order valence-corrected chi connectivity index (χ2v) is 15.2. The summed E-state index contributed by atoms with van der Waals surface area (Å²) in [5, 5.41) is 2.54. The summed E-state index contributed by atoms with van der Waals surface area (Å²) in [5.74, 6) is 0. The fourth-order valence-electron chi connectivity index (χ4n) is 9.62. The van der Waals surface area contributed by atoms with Crippen molar-refractivity contribution < 1.29 is 0 Å². The molecule has 0 fully saturated rings. The first-order chi connectivity index (χ1) is 26.4. The van der Waals surface area contributed by atoms with Crippen LogP contribution in [0, 0.1) is 0 Å². The first kappa shape index (κ1) is 32.2. The van der Waals surface area contributed by atoms with E-state index in [-0.39, 0.29) is 5.41 Å². The number of hydrogen-bond donors (Lipinski definition) is 0. The summed E-state index contributed by atoms with van der Waals surface area (Å²) >= 11 is 0. The third-order valence-corrected chi connectivity index (χ3v) is 12.2. The van der Waals surface area contributed by atoms with E-state index in [1.165, 1.54) is 66.5 Å². The SMILES string of the molecule is C=C/C=C\C1=C(C)C(C)(C)c2c(-c3cc(-c4ccccc4)cc(-c4ccccc4)n3)cccc2C12c1ccccc1-n1c3ccccc3c3cccc2c31. The monoisotopic (exact) mass is 692 g/mol. The minimum atomic E-state index is -0.607. The normalized spacial score (nSPS) is 16.9. The number of rotatable bonds is 5. The minimum Gasteiger partial charge on any atom is -0.309 e. The van der Waals surface area contributed by atoms with E-state index < -0.39 is 5.41 Å². The highest BCUT2D eigenvalue weighted by atomic mass is 15.0. The van der Waals surface area contributed by atoms with Crippen molar-refractivity contribution in [3.05, 3.63) is 216 Å². The smallest absolute Gasteiger partial charge is 0.0745 e. The molecule has 0 saturated heterocycles. The van der Waals surface area contributed by atoms with Crippen LogP contribution in [0.3, 0.4) is 0 Å². The van der Waals surface area contributed by atoms with E-state index in [0.29, 0.717) is 0 Å². The zero-order chi connectivity index (χ0) is 36.6. The number of fused-ring (bicyclic) bond motifs is 9. The van der Waals surface area contributed by atoms with Crippen molar-refractivity contribution in [3.8, 4) is 39.3 Å². The average Bonchev–Trinajstić information content (AvgIpc) is 3.57. The molecule has 1 aliphatic heterocycles. The van der Waals surface area contributed by atoms with E-state index >= 15 is 0 Å². The molecule has 0 bridgehead atoms. The Morgan fingerprint density at radius 2 is 1.22 bits per heavy atom. The van der Waals surface area contributed by atoms with Gasteiger partial charge in [0.15, 0.2) is 0 Å². The van der Waals surface area contributed by atoms with Crippen LogP contribution in [0.25, 0.3) is 61.1 Å². The van der Waals surface area contributed by atoms with Crippen LogP contribution < -0.4 is 0 Å². The molecule has 3 heterocycles. The van der Waals surface area contributed by atoms with Gasteiger partial charge in [0, 0.05) is 27.3 Å². The lowest BCUT2D eigenvalue weighted by molar-refractivity contribution is 0.548. The molecule has 1 aliphatic carbocycles. The molecule has 54 heavy (non-hydrogen) atoms. The highest BCUT2D eigenvalue weighted by molar-refractivity contribution is 6.12. The quantitative estimate of drug-likeness (QED) is 0.164. The van der Waals surface area contributed by atoms with Crippen molar-refractivity contribution in [2.75, 3.05) is 0 Å². The molecule has 2 aromatic heterocycles. The number of aromatic nitrogens is 2. The lowest BCUT2D eigenvalue weighted by Crippen LogP contribution is -2.44. The molecule has 0 N–H and O–H groups in total. The second kappa shape index (κ2) is 12.0. The topological polar surface area (TPSA) is 17.8 Å². The molecule has 0 amide bonds. The van der Waals surface area contributed by atoms with Crippen LogP contribution in [0.15, 0.2) is 194 Å². The van der Waals surface area contributed by atoms with E-state index in [9.17, 15) is 0 Å². The zero-order valence-corrected chi connectivity index (χ0v) is 30.8. The van der Waals surface area contributed by atoms with Crippen LogP contribution in [0.5, 0.6) is 0 Å². The Morgan fingerprint density at radius 1 is 0.593 bits per heavy atom. The molecule has 10 rings (SSSR count). The van der Waals surface area contributed by atoms with Crippen LogP contribution >= 0.6 is 0 Å². The van der Waals surface area contributed by atoms with E-state index in [4.69, 9.17) is 4.98 Å². The van der Waals surface area contributed by atoms with Gasteiger partial charge in [-0.3, -0.25) is 0 Å². The number of para-hydroxylation sites is 3. The Hall–Kier alpha value is -6.51. The van der Waals surface area contributed by atoms with Crippen LogP contribution in [0.2, 0.25) is 0 Å². The average molecular weight is 693 g/mol. The van der Waals surface area contributed by atoms with Crippen LogP contribution in [-0.2, 0) is 10.8 Å². The van der Waals surface area contributed by atoms with Gasteiger partial charge in [-0.25, -0.2) is 4.98 Å². The molecule has 6 aromatic carbocycles. The predicted octanol–water partition coefficient (Wildman–Crippen LogP) is 13.2. The van der Waals surface area contributed by atoms with Gasteiger partial charge in [-0.05, 0) is 70.1 Å². The Labute approximate surface area is 317 Å². The van der Waals surface area contributed by atoms with Gasteiger partial charge in [-0.1, -0.05) is 178 Å². The molecule has 1 atom stereocenters. The van der Waals surface area contributed by atoms with E-state index in [1.807, 2.05) is 6.08 Å². The molecule has 1 spiro atoms. The third kappa shape index (κ3) is 4.37. The Morgan fingerprint density at radius 3 is 2.02 bits per heavy atom. The summed E-state index contributed by atoms with van der Waals surface area (Å²) in [6, 6.07) is 57.6. The molecule has 2 heteroatoms. The summed E-state index contributed by atoms with van der Waals surface area (Å²) in [5.41, 5.74) is 17.1. The Kier molecular flexibility index (Phi) is 7.16. The number of hydrogen-bond acceptors (Lipinski definition) is 1. The maximum absolute atomic E-state index is 5.50. The minimum absolute atomic E-state index is 0.331. The summed E-state index contributed by atoms with van der Waals surface area (Å²) < 4.78 is 2.51. The zero-order valence-electron chi connectivity index (χ0n) is 30.8. The van der Waals surface area contributed by atoms with Crippen molar-refractivity contribution in [1.29, 1.82) is 0 Å². The number of benzene rings is 6. The maximum atomic E-state index is 5.50. The standard InChI is InChI=1S/C52H40N2/c1-5-6-26-41-34(2)51(3,4)49-40(46-33-37(35-19-9-7-10-20-35)32-45(53-46)36-21-11-8-12-22-36)25-18-28-43(49)52(41)42-27-14-16-31-48(42)54-47-30-15-13-23-38(47)39-24-17-29-44(52)50(39)54/h5-33H,1H2,2-4H3/b26-6-. The van der Waals surface area contributed by atoms with E-state index in [1.54, 1.807) is 0 Å². The summed E-state index contributed by atoms with van der Waals surface area (Å²) in [7, 11) is 0. The molecule has 8 aromatic rings. The molecule has 2 nitrogen and oxygen atoms in total. The molecule has 1 unspecified atom stereocenters. The first-order valence-corrected chi connectivity index (χ1v) is 18.9. The maximum Gasteiger partial charge on any atom is 0.0745 e. The highest BCUT2D eigenvalue weighted by Gasteiger charge is 2.53. The van der Waals surface area contributed by atoms with E-state index in [0.717, 1.165) is 28.1 Å². The van der Waals surface area contributed by atoms with Gasteiger partial charge < -0.3 is 4.57 Å². The van der Waals surface area contributed by atoms with Gasteiger partial charge in [-0.15, -0.1) is 0 Å². The summed E-state index contributed by atoms with van der Waals surface area (Å²) in [4.78, 5) is 5.50. The summed E-state index contributed by atoms with van der Waals surface area (Å²) in [6.07, 6.45) is 6.36. The molecule has 0 saturated carbocycles. The Bertz CT molecular complexity index is 2810. The fourth-order valence-corrected chi connectivity index (χ4v) is 9.62. The molecule has 2 aliphatic rings. The highest BCUT2D eigenvalue weighted by Crippen LogP contribution is 2.62. The molecule has 0 radical (unpaired) electrons. The Balaban J connectivity index is 1.36. The first-order valence-electron chi connectivity index (χ1n) is 18.9. The van der Waals surface area contributed by atoms with Gasteiger partial charge in [0.1, 0.15) is 0 Å². The van der Waals surface area contributed by atoms with Crippen LogP contribution in [0.4, 0.5) is 0 Å².